The summed E-state index contributed by atoms with van der Waals surface area (Å²) in [5.74, 6) is -1.17. The van der Waals surface area contributed by atoms with E-state index in [2.05, 4.69) is 33.0 Å². The molecule has 20 heavy (non-hydrogen) atoms. The Morgan fingerprint density at radius 3 is 2.25 bits per heavy atom. The average Bonchev–Trinajstić information content (AvgIpc) is 2.71. The van der Waals surface area contributed by atoms with E-state index in [9.17, 15) is 14.9 Å². The highest BCUT2D eigenvalue weighted by molar-refractivity contribution is 5.89. The molecule has 0 bridgehead atoms. The van der Waals surface area contributed by atoms with E-state index in [4.69, 9.17) is 5.11 Å². The van der Waals surface area contributed by atoms with Gasteiger partial charge in [0.25, 0.3) is 5.69 Å². The van der Waals surface area contributed by atoms with Crippen LogP contribution in [-0.2, 0) is 0 Å². The van der Waals surface area contributed by atoms with Gasteiger partial charge in [0.2, 0.25) is 0 Å². The van der Waals surface area contributed by atoms with E-state index < -0.39 is 10.9 Å². The molecule has 1 saturated carbocycles. The summed E-state index contributed by atoms with van der Waals surface area (Å²) >= 11 is 0. The van der Waals surface area contributed by atoms with Crippen LogP contribution in [0.3, 0.4) is 0 Å². The van der Waals surface area contributed by atoms with Gasteiger partial charge in [0.15, 0.2) is 0 Å². The molecule has 1 fully saturated rings. The molecule has 1 aromatic carbocycles. The van der Waals surface area contributed by atoms with Gasteiger partial charge in [-0.1, -0.05) is 27.7 Å². The lowest BCUT2D eigenvalue weighted by atomic mass is 10.0. The SMILES string of the molecule is CC1(C)C(Nc2ccc(C(=O)O)cc2[N+](=O)[O-])C1(C)C. The number of anilines is 1. The number of nitrogens with zero attached hydrogens (tertiary/aromatic N) is 1. The number of aromatic carboxylic acids is 1. The summed E-state index contributed by atoms with van der Waals surface area (Å²) in [6, 6.07) is 4.04. The van der Waals surface area contributed by atoms with Crippen LogP contribution in [0.15, 0.2) is 18.2 Å². The Kier molecular flexibility index (Phi) is 3.00. The highest BCUT2D eigenvalue weighted by atomic mass is 16.6. The van der Waals surface area contributed by atoms with Crippen LogP contribution >= 0.6 is 0 Å². The minimum absolute atomic E-state index is 0.0341. The molecule has 0 atom stereocenters. The van der Waals surface area contributed by atoms with Crippen molar-refractivity contribution in [2.75, 3.05) is 5.32 Å². The highest BCUT2D eigenvalue weighted by Gasteiger charge is 2.65. The molecule has 0 unspecified atom stereocenters. The predicted molar refractivity (Wildman–Crippen MR) is 75.0 cm³/mol. The summed E-state index contributed by atoms with van der Waals surface area (Å²) in [6.07, 6.45) is 0. The van der Waals surface area contributed by atoms with Crippen molar-refractivity contribution in [3.63, 3.8) is 0 Å². The van der Waals surface area contributed by atoms with Crippen molar-refractivity contribution in [2.45, 2.75) is 33.7 Å². The average molecular weight is 278 g/mol. The Hall–Kier alpha value is -2.11. The van der Waals surface area contributed by atoms with Crippen LogP contribution in [0.4, 0.5) is 11.4 Å². The Balaban J connectivity index is 2.34. The van der Waals surface area contributed by atoms with Gasteiger partial charge in [-0.05, 0) is 23.0 Å². The molecule has 6 nitrogen and oxygen atoms in total. The van der Waals surface area contributed by atoms with E-state index in [0.717, 1.165) is 6.07 Å². The molecule has 108 valence electrons. The minimum atomic E-state index is -1.17. The third kappa shape index (κ3) is 2.01. The molecule has 1 aliphatic carbocycles. The van der Waals surface area contributed by atoms with Crippen LogP contribution in [0.25, 0.3) is 0 Å². The quantitative estimate of drug-likeness (QED) is 0.652. The Morgan fingerprint density at radius 2 is 1.85 bits per heavy atom. The topological polar surface area (TPSA) is 92.5 Å². The van der Waals surface area contributed by atoms with Gasteiger partial charge in [0, 0.05) is 12.1 Å². The lowest BCUT2D eigenvalue weighted by Crippen LogP contribution is -2.12. The smallest absolute Gasteiger partial charge is 0.335 e. The number of nitro benzene ring substituents is 1. The van der Waals surface area contributed by atoms with Crippen molar-refractivity contribution in [3.8, 4) is 0 Å². The van der Waals surface area contributed by atoms with Gasteiger partial charge in [0.1, 0.15) is 5.69 Å². The maximum Gasteiger partial charge on any atom is 0.335 e. The molecule has 6 heteroatoms. The molecule has 0 aromatic heterocycles. The highest BCUT2D eigenvalue weighted by Crippen LogP contribution is 2.64. The first-order valence-corrected chi connectivity index (χ1v) is 6.37. The van der Waals surface area contributed by atoms with Crippen molar-refractivity contribution in [1.29, 1.82) is 0 Å². The number of carbonyl (C=O) groups is 1. The van der Waals surface area contributed by atoms with Crippen LogP contribution in [-0.4, -0.2) is 22.0 Å². The maximum absolute atomic E-state index is 11.1. The molecule has 1 aromatic rings. The first-order valence-electron chi connectivity index (χ1n) is 6.37. The van der Waals surface area contributed by atoms with Crippen molar-refractivity contribution in [2.24, 2.45) is 10.8 Å². The number of nitrogens with one attached hydrogen (secondary N) is 1. The third-order valence-electron chi connectivity index (χ3n) is 4.76. The monoisotopic (exact) mass is 278 g/mol. The number of hydrogen-bond acceptors (Lipinski definition) is 4. The molecule has 0 saturated heterocycles. The van der Waals surface area contributed by atoms with E-state index in [0.29, 0.717) is 5.69 Å². The molecular formula is C14H18N2O4. The van der Waals surface area contributed by atoms with Gasteiger partial charge in [-0.2, -0.15) is 0 Å². The lowest BCUT2D eigenvalue weighted by Gasteiger charge is -2.09. The summed E-state index contributed by atoms with van der Waals surface area (Å²) in [7, 11) is 0. The fourth-order valence-electron chi connectivity index (χ4n) is 2.65. The Bertz CT molecular complexity index is 579. The second-order valence-corrected chi connectivity index (χ2v) is 6.31. The number of carboxylic acid groups (broad SMARTS) is 1. The number of nitro groups is 1. The summed E-state index contributed by atoms with van der Waals surface area (Å²) in [5.41, 5.74) is 0.141. The zero-order valence-corrected chi connectivity index (χ0v) is 11.9. The number of rotatable bonds is 4. The van der Waals surface area contributed by atoms with E-state index in [-0.39, 0.29) is 28.1 Å². The van der Waals surface area contributed by atoms with Crippen LogP contribution in [0.5, 0.6) is 0 Å². The number of benzene rings is 1. The van der Waals surface area contributed by atoms with Crippen molar-refractivity contribution >= 4 is 17.3 Å². The second-order valence-electron chi connectivity index (χ2n) is 6.31. The normalized spacial score (nSPS) is 19.4. The summed E-state index contributed by atoms with van der Waals surface area (Å²) in [6.45, 7) is 8.40. The predicted octanol–water partition coefficient (Wildman–Crippen LogP) is 3.14. The second kappa shape index (κ2) is 4.19. The van der Waals surface area contributed by atoms with Gasteiger partial charge in [-0.3, -0.25) is 10.1 Å². The van der Waals surface area contributed by atoms with Gasteiger partial charge in [-0.25, -0.2) is 4.79 Å². The number of carboxylic acids is 1. The summed E-state index contributed by atoms with van der Waals surface area (Å²) < 4.78 is 0. The van der Waals surface area contributed by atoms with Gasteiger partial charge >= 0.3 is 5.97 Å². The first kappa shape index (κ1) is 14.3. The molecule has 1 aliphatic rings. The van der Waals surface area contributed by atoms with E-state index in [1.54, 1.807) is 0 Å². The van der Waals surface area contributed by atoms with Gasteiger partial charge in [0.05, 0.1) is 10.5 Å². The first-order chi connectivity index (χ1) is 9.09. The molecule has 0 heterocycles. The fourth-order valence-corrected chi connectivity index (χ4v) is 2.65. The van der Waals surface area contributed by atoms with Crippen LogP contribution < -0.4 is 5.32 Å². The lowest BCUT2D eigenvalue weighted by molar-refractivity contribution is -0.384. The van der Waals surface area contributed by atoms with Crippen molar-refractivity contribution < 1.29 is 14.8 Å². The maximum atomic E-state index is 11.1. The Morgan fingerprint density at radius 1 is 1.30 bits per heavy atom. The van der Waals surface area contributed by atoms with Gasteiger partial charge < -0.3 is 10.4 Å². The minimum Gasteiger partial charge on any atom is -0.478 e. The fraction of sp³-hybridized carbons (Fsp3) is 0.500. The van der Waals surface area contributed by atoms with Crippen LogP contribution in [0, 0.1) is 20.9 Å². The van der Waals surface area contributed by atoms with Gasteiger partial charge in [-0.15, -0.1) is 0 Å². The summed E-state index contributed by atoms with van der Waals surface area (Å²) in [4.78, 5) is 21.4. The van der Waals surface area contributed by atoms with E-state index in [1.165, 1.54) is 12.1 Å². The molecule has 0 spiro atoms. The zero-order chi connectivity index (χ0) is 15.3. The molecule has 0 aliphatic heterocycles. The largest absolute Gasteiger partial charge is 0.478 e. The molecular weight excluding hydrogens is 260 g/mol. The zero-order valence-electron chi connectivity index (χ0n) is 11.9. The van der Waals surface area contributed by atoms with Crippen LogP contribution in [0.2, 0.25) is 0 Å². The standard InChI is InChI=1S/C14H18N2O4/c1-13(2)12(14(13,3)4)15-9-6-5-8(11(17)18)7-10(9)16(19)20/h5-7,12,15H,1-4H3,(H,17,18). The van der Waals surface area contributed by atoms with E-state index in [1.807, 2.05) is 0 Å². The number of hydrogen-bond donors (Lipinski definition) is 2. The third-order valence-corrected chi connectivity index (χ3v) is 4.76. The molecule has 0 radical (unpaired) electrons. The van der Waals surface area contributed by atoms with Crippen molar-refractivity contribution in [1.82, 2.24) is 0 Å². The van der Waals surface area contributed by atoms with Crippen LogP contribution in [0.1, 0.15) is 38.1 Å². The molecule has 0 amide bonds. The molecule has 2 rings (SSSR count). The molecule has 2 N–H and O–H groups in total. The van der Waals surface area contributed by atoms with Crippen molar-refractivity contribution in [3.05, 3.63) is 33.9 Å². The Labute approximate surface area is 117 Å². The van der Waals surface area contributed by atoms with E-state index >= 15 is 0 Å². The summed E-state index contributed by atoms with van der Waals surface area (Å²) in [5, 5.41) is 23.2.